The van der Waals surface area contributed by atoms with Crippen LogP contribution >= 0.6 is 0 Å². The third-order valence-electron chi connectivity index (χ3n) is 1.85. The lowest BCUT2D eigenvalue weighted by molar-refractivity contribution is -0.114. The highest BCUT2D eigenvalue weighted by Gasteiger charge is 2.01. The number of nitrogens with zero attached hydrogens (tertiary/aromatic N) is 2. The Morgan fingerprint density at radius 1 is 1.67 bits per heavy atom. The number of amides is 1. The minimum atomic E-state index is -0.104. The fourth-order valence-corrected chi connectivity index (χ4v) is 1.28. The Hall–Kier alpha value is -2.04. The van der Waals surface area contributed by atoms with Gasteiger partial charge in [-0.3, -0.25) is 9.48 Å². The van der Waals surface area contributed by atoms with E-state index in [1.54, 1.807) is 23.3 Å². The second kappa shape index (κ2) is 4.00. The molecule has 0 saturated carbocycles. The molecule has 0 aliphatic heterocycles. The molecular weight excluding hydrogens is 194 g/mol. The summed E-state index contributed by atoms with van der Waals surface area (Å²) < 4.78 is 6.88. The number of carbonyl (C=O) groups is 1. The Morgan fingerprint density at radius 3 is 3.20 bits per heavy atom. The maximum atomic E-state index is 10.8. The largest absolute Gasteiger partial charge is 0.467 e. The molecule has 15 heavy (non-hydrogen) atoms. The third-order valence-corrected chi connectivity index (χ3v) is 1.85. The molecule has 1 N–H and O–H groups in total. The quantitative estimate of drug-likeness (QED) is 0.825. The predicted molar refractivity (Wildman–Crippen MR) is 54.3 cm³/mol. The van der Waals surface area contributed by atoms with E-state index in [1.807, 2.05) is 12.1 Å². The van der Waals surface area contributed by atoms with Gasteiger partial charge in [-0.25, -0.2) is 0 Å². The number of furan rings is 1. The van der Waals surface area contributed by atoms with Crippen LogP contribution in [0.25, 0.3) is 0 Å². The van der Waals surface area contributed by atoms with Gasteiger partial charge in [-0.15, -0.1) is 0 Å². The van der Waals surface area contributed by atoms with E-state index < -0.39 is 0 Å². The van der Waals surface area contributed by atoms with Crippen LogP contribution in [0.1, 0.15) is 12.7 Å². The SMILES string of the molecule is CC(=O)Nc1cnn(Cc2ccco2)c1. The maximum Gasteiger partial charge on any atom is 0.221 e. The maximum absolute atomic E-state index is 10.8. The van der Waals surface area contributed by atoms with E-state index in [9.17, 15) is 4.79 Å². The average Bonchev–Trinajstić information content (AvgIpc) is 2.77. The molecule has 2 aromatic rings. The molecule has 0 saturated heterocycles. The topological polar surface area (TPSA) is 60.1 Å². The summed E-state index contributed by atoms with van der Waals surface area (Å²) in [6.45, 7) is 2.02. The van der Waals surface area contributed by atoms with Gasteiger partial charge in [0.05, 0.1) is 24.7 Å². The highest BCUT2D eigenvalue weighted by molar-refractivity contribution is 5.88. The Labute approximate surface area is 86.7 Å². The van der Waals surface area contributed by atoms with Crippen molar-refractivity contribution in [3.63, 3.8) is 0 Å². The lowest BCUT2D eigenvalue weighted by Gasteiger charge is -1.97. The zero-order valence-electron chi connectivity index (χ0n) is 8.30. The van der Waals surface area contributed by atoms with Crippen LogP contribution in [0.4, 0.5) is 5.69 Å². The van der Waals surface area contributed by atoms with Crippen molar-refractivity contribution >= 4 is 11.6 Å². The highest BCUT2D eigenvalue weighted by atomic mass is 16.3. The van der Waals surface area contributed by atoms with Crippen LogP contribution in [0.2, 0.25) is 0 Å². The first-order valence-electron chi connectivity index (χ1n) is 4.56. The molecule has 0 unspecified atom stereocenters. The van der Waals surface area contributed by atoms with Crippen LogP contribution < -0.4 is 5.32 Å². The number of hydrogen-bond acceptors (Lipinski definition) is 3. The minimum Gasteiger partial charge on any atom is -0.467 e. The van der Waals surface area contributed by atoms with Gasteiger partial charge >= 0.3 is 0 Å². The number of aromatic nitrogens is 2. The van der Waals surface area contributed by atoms with Gasteiger partial charge in [0.15, 0.2) is 0 Å². The van der Waals surface area contributed by atoms with Crippen molar-refractivity contribution in [1.82, 2.24) is 9.78 Å². The molecule has 0 spiro atoms. The standard InChI is InChI=1S/C10H11N3O2/c1-8(14)12-9-5-11-13(6-9)7-10-3-2-4-15-10/h2-6H,7H2,1H3,(H,12,14). The van der Waals surface area contributed by atoms with Gasteiger partial charge in [0.2, 0.25) is 5.91 Å². The molecule has 0 atom stereocenters. The fraction of sp³-hybridized carbons (Fsp3) is 0.200. The smallest absolute Gasteiger partial charge is 0.221 e. The Bertz CT molecular complexity index is 445. The van der Waals surface area contributed by atoms with Gasteiger partial charge in [-0.2, -0.15) is 5.10 Å². The lowest BCUT2D eigenvalue weighted by atomic mass is 10.4. The predicted octanol–water partition coefficient (Wildman–Crippen LogP) is 1.48. The summed E-state index contributed by atoms with van der Waals surface area (Å²) in [4.78, 5) is 10.8. The Morgan fingerprint density at radius 2 is 2.53 bits per heavy atom. The fourth-order valence-electron chi connectivity index (χ4n) is 1.28. The summed E-state index contributed by atoms with van der Waals surface area (Å²) in [7, 11) is 0. The van der Waals surface area contributed by atoms with Gasteiger partial charge in [0, 0.05) is 13.1 Å². The monoisotopic (exact) mass is 205 g/mol. The molecule has 2 heterocycles. The van der Waals surface area contributed by atoms with Crippen LogP contribution in [-0.2, 0) is 11.3 Å². The minimum absolute atomic E-state index is 0.104. The van der Waals surface area contributed by atoms with Crippen LogP contribution in [0.5, 0.6) is 0 Å². The Kier molecular flexibility index (Phi) is 2.53. The summed E-state index contributed by atoms with van der Waals surface area (Å²) in [5, 5.41) is 6.74. The summed E-state index contributed by atoms with van der Waals surface area (Å²) in [5.74, 6) is 0.722. The second-order valence-electron chi connectivity index (χ2n) is 3.19. The summed E-state index contributed by atoms with van der Waals surface area (Å²) in [6.07, 6.45) is 4.97. The molecule has 2 aromatic heterocycles. The summed E-state index contributed by atoms with van der Waals surface area (Å²) in [5.41, 5.74) is 0.689. The van der Waals surface area contributed by atoms with Crippen LogP contribution in [0, 0.1) is 0 Å². The van der Waals surface area contributed by atoms with E-state index in [-0.39, 0.29) is 5.91 Å². The number of nitrogens with one attached hydrogen (secondary N) is 1. The van der Waals surface area contributed by atoms with Gasteiger partial charge in [-0.1, -0.05) is 0 Å². The molecule has 2 rings (SSSR count). The average molecular weight is 205 g/mol. The van der Waals surface area contributed by atoms with E-state index in [0.717, 1.165) is 5.76 Å². The molecule has 0 bridgehead atoms. The van der Waals surface area contributed by atoms with E-state index in [2.05, 4.69) is 10.4 Å². The van der Waals surface area contributed by atoms with E-state index >= 15 is 0 Å². The van der Waals surface area contributed by atoms with Crippen LogP contribution in [-0.4, -0.2) is 15.7 Å². The first-order chi connectivity index (χ1) is 7.24. The number of carbonyl (C=O) groups excluding carboxylic acids is 1. The molecule has 5 nitrogen and oxygen atoms in total. The van der Waals surface area contributed by atoms with Crippen LogP contribution in [0.3, 0.4) is 0 Å². The molecule has 0 radical (unpaired) electrons. The van der Waals surface area contributed by atoms with E-state index in [1.165, 1.54) is 6.92 Å². The third kappa shape index (κ3) is 2.46. The van der Waals surface area contributed by atoms with Crippen molar-refractivity contribution in [2.75, 3.05) is 5.32 Å². The first kappa shape index (κ1) is 9.51. The molecule has 78 valence electrons. The van der Waals surface area contributed by atoms with Gasteiger partial charge in [0.25, 0.3) is 0 Å². The number of hydrogen-bond donors (Lipinski definition) is 1. The van der Waals surface area contributed by atoms with Crippen molar-refractivity contribution < 1.29 is 9.21 Å². The summed E-state index contributed by atoms with van der Waals surface area (Å²) in [6, 6.07) is 3.70. The van der Waals surface area contributed by atoms with Crippen molar-refractivity contribution in [2.24, 2.45) is 0 Å². The van der Waals surface area contributed by atoms with Gasteiger partial charge in [-0.05, 0) is 12.1 Å². The Balaban J connectivity index is 2.04. The van der Waals surface area contributed by atoms with Crippen molar-refractivity contribution in [3.05, 3.63) is 36.5 Å². The molecule has 1 amide bonds. The zero-order chi connectivity index (χ0) is 10.7. The molecule has 0 aliphatic carbocycles. The van der Waals surface area contributed by atoms with Gasteiger partial charge in [0.1, 0.15) is 5.76 Å². The zero-order valence-corrected chi connectivity index (χ0v) is 8.30. The van der Waals surface area contributed by atoms with Crippen molar-refractivity contribution in [3.8, 4) is 0 Å². The molecular formula is C10H11N3O2. The van der Waals surface area contributed by atoms with E-state index in [0.29, 0.717) is 12.2 Å². The highest BCUT2D eigenvalue weighted by Crippen LogP contribution is 2.07. The molecule has 0 aliphatic rings. The van der Waals surface area contributed by atoms with Crippen molar-refractivity contribution in [1.29, 1.82) is 0 Å². The second-order valence-corrected chi connectivity index (χ2v) is 3.19. The normalized spacial score (nSPS) is 10.2. The number of rotatable bonds is 3. The van der Waals surface area contributed by atoms with Gasteiger partial charge < -0.3 is 9.73 Å². The lowest BCUT2D eigenvalue weighted by Crippen LogP contribution is -2.04. The molecule has 5 heteroatoms. The van der Waals surface area contributed by atoms with E-state index in [4.69, 9.17) is 4.42 Å². The summed E-state index contributed by atoms with van der Waals surface area (Å²) >= 11 is 0. The molecule has 0 fully saturated rings. The molecule has 0 aromatic carbocycles. The number of anilines is 1. The van der Waals surface area contributed by atoms with Crippen LogP contribution in [0.15, 0.2) is 35.2 Å². The van der Waals surface area contributed by atoms with Crippen molar-refractivity contribution in [2.45, 2.75) is 13.5 Å². The first-order valence-corrected chi connectivity index (χ1v) is 4.56.